The minimum atomic E-state index is -0.602. The molecule has 1 amide bonds. The van der Waals surface area contributed by atoms with Crippen LogP contribution in [0.15, 0.2) is 21.9 Å². The summed E-state index contributed by atoms with van der Waals surface area (Å²) in [5, 5.41) is 14.0. The summed E-state index contributed by atoms with van der Waals surface area (Å²) in [7, 11) is 1.57. The predicted molar refractivity (Wildman–Crippen MR) is 88.4 cm³/mol. The smallest absolute Gasteiger partial charge is 0.236 e. The van der Waals surface area contributed by atoms with E-state index in [0.717, 1.165) is 4.88 Å². The number of nitrogens with zero attached hydrogens (tertiary/aromatic N) is 1. The number of hydrogen-bond acceptors (Lipinski definition) is 6. The maximum absolute atomic E-state index is 12.3. The maximum Gasteiger partial charge on any atom is 0.236 e. The zero-order valence-corrected chi connectivity index (χ0v) is 14.4. The molecular weight excluding hydrogens is 316 g/mol. The van der Waals surface area contributed by atoms with Gasteiger partial charge < -0.3 is 19.6 Å². The van der Waals surface area contributed by atoms with Crippen LogP contribution < -0.4 is 5.32 Å². The molecule has 2 aromatic heterocycles. The number of aromatic nitrogens is 1. The summed E-state index contributed by atoms with van der Waals surface area (Å²) in [5.41, 5.74) is 0.0177. The average molecular weight is 338 g/mol. The van der Waals surface area contributed by atoms with Gasteiger partial charge in [-0.2, -0.15) is 0 Å². The van der Waals surface area contributed by atoms with Crippen molar-refractivity contribution in [1.29, 1.82) is 0 Å². The first-order valence-corrected chi connectivity index (χ1v) is 8.26. The molecule has 0 aliphatic heterocycles. The molecule has 0 fully saturated rings. The number of amides is 1. The van der Waals surface area contributed by atoms with Crippen LogP contribution in [-0.4, -0.2) is 41.9 Å². The molecule has 2 N–H and O–H groups in total. The van der Waals surface area contributed by atoms with Gasteiger partial charge in [-0.1, -0.05) is 6.07 Å². The Hall–Kier alpha value is -1.70. The second-order valence-corrected chi connectivity index (χ2v) is 6.64. The van der Waals surface area contributed by atoms with E-state index in [4.69, 9.17) is 14.3 Å². The van der Waals surface area contributed by atoms with Crippen molar-refractivity contribution >= 4 is 17.2 Å². The van der Waals surface area contributed by atoms with E-state index in [1.165, 1.54) is 11.3 Å². The van der Waals surface area contributed by atoms with Crippen molar-refractivity contribution in [3.8, 4) is 10.8 Å². The number of thiophene rings is 1. The van der Waals surface area contributed by atoms with Crippen molar-refractivity contribution in [3.63, 3.8) is 0 Å². The number of hydrogen-bond donors (Lipinski definition) is 2. The van der Waals surface area contributed by atoms with Crippen molar-refractivity contribution in [1.82, 2.24) is 10.3 Å². The van der Waals surface area contributed by atoms with Crippen LogP contribution in [0.2, 0.25) is 0 Å². The molecule has 0 aromatic carbocycles. The number of oxazole rings is 1. The largest absolute Gasteiger partial charge is 0.440 e. The van der Waals surface area contributed by atoms with Gasteiger partial charge in [0.2, 0.25) is 11.8 Å². The lowest BCUT2D eigenvalue weighted by Gasteiger charge is -2.29. The topological polar surface area (TPSA) is 84.6 Å². The summed E-state index contributed by atoms with van der Waals surface area (Å²) in [6.45, 7) is 3.95. The molecule has 0 aliphatic carbocycles. The Bertz CT molecular complexity index is 631. The van der Waals surface area contributed by atoms with E-state index in [1.54, 1.807) is 14.0 Å². The zero-order valence-electron chi connectivity index (χ0n) is 13.6. The molecule has 7 heteroatoms. The molecule has 0 saturated carbocycles. The van der Waals surface area contributed by atoms with E-state index in [0.29, 0.717) is 30.4 Å². The lowest BCUT2D eigenvalue weighted by atomic mass is 9.99. The highest BCUT2D eigenvalue weighted by Crippen LogP contribution is 2.26. The summed E-state index contributed by atoms with van der Waals surface area (Å²) >= 11 is 1.54. The quantitative estimate of drug-likeness (QED) is 0.770. The van der Waals surface area contributed by atoms with Crippen LogP contribution >= 0.6 is 11.3 Å². The third-order valence-electron chi connectivity index (χ3n) is 3.52. The Balaban J connectivity index is 2.05. The minimum Gasteiger partial charge on any atom is -0.440 e. The highest BCUT2D eigenvalue weighted by Gasteiger charge is 2.26. The van der Waals surface area contributed by atoms with E-state index in [9.17, 15) is 4.79 Å². The molecule has 0 bridgehead atoms. The van der Waals surface area contributed by atoms with Gasteiger partial charge in [-0.15, -0.1) is 11.3 Å². The molecule has 0 saturated heterocycles. The standard InChI is InChI=1S/C16H22N2O4S/c1-11-12(17-15(22-11)13-5-4-8-23-13)9-14(20)18-16(2,6-7-19)10-21-3/h4-5,8,19H,6-7,9-10H2,1-3H3,(H,18,20). The van der Waals surface area contributed by atoms with Gasteiger partial charge in [-0.25, -0.2) is 4.98 Å². The number of aliphatic hydroxyl groups is 1. The third kappa shape index (κ3) is 4.63. The fourth-order valence-electron chi connectivity index (χ4n) is 2.37. The van der Waals surface area contributed by atoms with Crippen molar-refractivity contribution in [2.24, 2.45) is 0 Å². The van der Waals surface area contributed by atoms with E-state index in [2.05, 4.69) is 10.3 Å². The number of nitrogens with one attached hydrogen (secondary N) is 1. The Labute approximate surface area is 139 Å². The first-order valence-electron chi connectivity index (χ1n) is 7.38. The van der Waals surface area contributed by atoms with Crippen LogP contribution in [0.3, 0.4) is 0 Å². The number of carbonyl (C=O) groups is 1. The van der Waals surface area contributed by atoms with E-state index in [1.807, 2.05) is 24.4 Å². The molecular formula is C16H22N2O4S. The summed E-state index contributed by atoms with van der Waals surface area (Å²) in [4.78, 5) is 17.6. The van der Waals surface area contributed by atoms with Crippen LogP contribution in [0.5, 0.6) is 0 Å². The van der Waals surface area contributed by atoms with Crippen molar-refractivity contribution in [2.75, 3.05) is 20.3 Å². The molecule has 6 nitrogen and oxygen atoms in total. The number of methoxy groups -OCH3 is 1. The highest BCUT2D eigenvalue weighted by atomic mass is 32.1. The molecule has 0 spiro atoms. The predicted octanol–water partition coefficient (Wildman–Crippen LogP) is 2.16. The fraction of sp³-hybridized carbons (Fsp3) is 0.500. The fourth-order valence-corrected chi connectivity index (χ4v) is 3.02. The van der Waals surface area contributed by atoms with Gasteiger partial charge in [0, 0.05) is 13.7 Å². The number of ether oxygens (including phenoxy) is 1. The van der Waals surface area contributed by atoms with Gasteiger partial charge in [0.1, 0.15) is 5.76 Å². The van der Waals surface area contributed by atoms with E-state index in [-0.39, 0.29) is 18.9 Å². The summed E-state index contributed by atoms with van der Waals surface area (Å²) in [5.74, 6) is 1.00. The van der Waals surface area contributed by atoms with Crippen LogP contribution in [0, 0.1) is 6.92 Å². The first-order chi connectivity index (χ1) is 11.0. The normalized spacial score (nSPS) is 13.7. The summed E-state index contributed by atoms with van der Waals surface area (Å²) in [6, 6.07) is 3.85. The number of aryl methyl sites for hydroxylation is 1. The SMILES string of the molecule is COCC(C)(CCO)NC(=O)Cc1nc(-c2cccs2)oc1C. The van der Waals surface area contributed by atoms with Crippen LogP contribution in [0.1, 0.15) is 24.8 Å². The molecule has 126 valence electrons. The van der Waals surface area contributed by atoms with Crippen LogP contribution in [0.25, 0.3) is 10.8 Å². The lowest BCUT2D eigenvalue weighted by molar-refractivity contribution is -0.123. The van der Waals surface area contributed by atoms with Crippen molar-refractivity contribution < 1.29 is 19.1 Å². The average Bonchev–Trinajstić information content (AvgIpc) is 3.09. The van der Waals surface area contributed by atoms with Crippen molar-refractivity contribution in [2.45, 2.75) is 32.2 Å². The zero-order chi connectivity index (χ0) is 16.9. The Morgan fingerprint density at radius 1 is 1.57 bits per heavy atom. The Morgan fingerprint density at radius 3 is 2.96 bits per heavy atom. The molecule has 2 rings (SSSR count). The second kappa shape index (κ2) is 7.72. The van der Waals surface area contributed by atoms with E-state index < -0.39 is 5.54 Å². The van der Waals surface area contributed by atoms with Gasteiger partial charge >= 0.3 is 0 Å². The third-order valence-corrected chi connectivity index (χ3v) is 4.38. The van der Waals surface area contributed by atoms with Gasteiger partial charge in [0.15, 0.2) is 0 Å². The Kier molecular flexibility index (Phi) is 5.92. The second-order valence-electron chi connectivity index (χ2n) is 5.69. The molecule has 0 aliphatic rings. The summed E-state index contributed by atoms with van der Waals surface area (Å²) in [6.07, 6.45) is 0.552. The lowest BCUT2D eigenvalue weighted by Crippen LogP contribution is -2.50. The summed E-state index contributed by atoms with van der Waals surface area (Å²) < 4.78 is 10.8. The molecule has 1 atom stereocenters. The van der Waals surface area contributed by atoms with Gasteiger partial charge in [0.05, 0.1) is 29.1 Å². The maximum atomic E-state index is 12.3. The van der Waals surface area contributed by atoms with Crippen molar-refractivity contribution in [3.05, 3.63) is 29.0 Å². The van der Waals surface area contributed by atoms with E-state index >= 15 is 0 Å². The molecule has 1 unspecified atom stereocenters. The first kappa shape index (κ1) is 17.7. The highest BCUT2D eigenvalue weighted by molar-refractivity contribution is 7.13. The minimum absolute atomic E-state index is 0.0222. The monoisotopic (exact) mass is 338 g/mol. The van der Waals surface area contributed by atoms with Gasteiger partial charge in [0.25, 0.3) is 0 Å². The van der Waals surface area contributed by atoms with Crippen LogP contribution in [-0.2, 0) is 16.0 Å². The molecule has 23 heavy (non-hydrogen) atoms. The molecule has 0 radical (unpaired) electrons. The van der Waals surface area contributed by atoms with Gasteiger partial charge in [-0.3, -0.25) is 4.79 Å². The number of rotatable bonds is 8. The van der Waals surface area contributed by atoms with Gasteiger partial charge in [-0.05, 0) is 31.7 Å². The number of aliphatic hydroxyl groups excluding tert-OH is 1. The molecule has 2 aromatic rings. The Morgan fingerprint density at radius 2 is 2.35 bits per heavy atom. The number of carbonyl (C=O) groups excluding carboxylic acids is 1. The molecule has 2 heterocycles. The van der Waals surface area contributed by atoms with Crippen LogP contribution in [0.4, 0.5) is 0 Å².